The Balaban J connectivity index is 1.45. The third-order valence-electron chi connectivity index (χ3n) is 7.04. The van der Waals surface area contributed by atoms with Crippen molar-refractivity contribution >= 4 is 27.8 Å². The normalized spacial score (nSPS) is 15.6. The SMILES string of the molecule is C1=C(N(c2ccccc2)c2ccc3ccncc3c2)c2cccc3c2C(C1)c1ccccc1-3. The summed E-state index contributed by atoms with van der Waals surface area (Å²) in [5.74, 6) is 0.439. The van der Waals surface area contributed by atoms with Crippen LogP contribution in [0.5, 0.6) is 0 Å². The van der Waals surface area contributed by atoms with Gasteiger partial charge in [-0.2, -0.15) is 0 Å². The Morgan fingerprint density at radius 3 is 2.42 bits per heavy atom. The number of benzene rings is 4. The van der Waals surface area contributed by atoms with Gasteiger partial charge in [-0.15, -0.1) is 0 Å². The highest BCUT2D eigenvalue weighted by Crippen LogP contribution is 2.53. The van der Waals surface area contributed by atoms with Gasteiger partial charge in [0.15, 0.2) is 0 Å². The molecule has 0 radical (unpaired) electrons. The van der Waals surface area contributed by atoms with Crippen LogP contribution in [0.25, 0.3) is 27.6 Å². The zero-order valence-corrected chi connectivity index (χ0v) is 18.1. The van der Waals surface area contributed by atoms with Crippen LogP contribution >= 0.6 is 0 Å². The Bertz CT molecular complexity index is 1550. The molecule has 0 N–H and O–H groups in total. The van der Waals surface area contributed by atoms with E-state index in [1.54, 1.807) is 0 Å². The molecular formula is C31H22N2. The van der Waals surface area contributed by atoms with E-state index in [4.69, 9.17) is 0 Å². The summed E-state index contributed by atoms with van der Waals surface area (Å²) >= 11 is 0. The summed E-state index contributed by atoms with van der Waals surface area (Å²) in [5.41, 5.74) is 10.6. The van der Waals surface area contributed by atoms with Crippen molar-refractivity contribution in [2.75, 3.05) is 4.90 Å². The molecule has 2 aliphatic rings. The molecule has 0 bridgehead atoms. The van der Waals surface area contributed by atoms with Crippen LogP contribution in [0.4, 0.5) is 11.4 Å². The fourth-order valence-corrected chi connectivity index (χ4v) is 5.61. The van der Waals surface area contributed by atoms with Gasteiger partial charge in [-0.3, -0.25) is 4.98 Å². The molecule has 1 atom stereocenters. The van der Waals surface area contributed by atoms with E-state index in [-0.39, 0.29) is 0 Å². The van der Waals surface area contributed by atoms with Gasteiger partial charge in [0.1, 0.15) is 0 Å². The van der Waals surface area contributed by atoms with Crippen molar-refractivity contribution in [3.8, 4) is 11.1 Å². The second kappa shape index (κ2) is 7.18. The first-order valence-electron chi connectivity index (χ1n) is 11.5. The molecule has 0 aliphatic heterocycles. The van der Waals surface area contributed by atoms with Gasteiger partial charge in [0.2, 0.25) is 0 Å². The van der Waals surface area contributed by atoms with E-state index >= 15 is 0 Å². The Labute approximate surface area is 193 Å². The molecule has 1 aromatic heterocycles. The number of fused-ring (bicyclic) bond motifs is 4. The smallest absolute Gasteiger partial charge is 0.0497 e. The first kappa shape index (κ1) is 18.4. The molecule has 0 fully saturated rings. The topological polar surface area (TPSA) is 16.1 Å². The van der Waals surface area contributed by atoms with E-state index in [0.29, 0.717) is 5.92 Å². The Morgan fingerprint density at radius 1 is 0.667 bits per heavy atom. The summed E-state index contributed by atoms with van der Waals surface area (Å²) in [6.07, 6.45) is 7.24. The molecule has 5 aromatic rings. The fourth-order valence-electron chi connectivity index (χ4n) is 5.61. The number of para-hydroxylation sites is 1. The van der Waals surface area contributed by atoms with Crippen molar-refractivity contribution in [1.29, 1.82) is 0 Å². The van der Waals surface area contributed by atoms with E-state index in [1.807, 2.05) is 12.4 Å². The molecule has 1 heterocycles. The number of anilines is 2. The summed E-state index contributed by atoms with van der Waals surface area (Å²) < 4.78 is 0. The molecule has 4 aromatic carbocycles. The van der Waals surface area contributed by atoms with E-state index in [0.717, 1.165) is 17.5 Å². The van der Waals surface area contributed by atoms with Crippen LogP contribution in [0.3, 0.4) is 0 Å². The van der Waals surface area contributed by atoms with Gasteiger partial charge in [0, 0.05) is 46.3 Å². The molecule has 7 rings (SSSR count). The maximum atomic E-state index is 4.35. The lowest BCUT2D eigenvalue weighted by Gasteiger charge is -2.33. The van der Waals surface area contributed by atoms with Crippen LogP contribution in [0.1, 0.15) is 29.0 Å². The minimum absolute atomic E-state index is 0.439. The highest BCUT2D eigenvalue weighted by molar-refractivity contribution is 5.96. The molecule has 156 valence electrons. The van der Waals surface area contributed by atoms with Crippen molar-refractivity contribution in [2.45, 2.75) is 12.3 Å². The van der Waals surface area contributed by atoms with Gasteiger partial charge in [-0.05, 0) is 64.4 Å². The monoisotopic (exact) mass is 422 g/mol. The Morgan fingerprint density at radius 2 is 1.48 bits per heavy atom. The zero-order valence-electron chi connectivity index (χ0n) is 18.1. The first-order chi connectivity index (χ1) is 16.4. The summed E-state index contributed by atoms with van der Waals surface area (Å²) in [7, 11) is 0. The third kappa shape index (κ3) is 2.77. The van der Waals surface area contributed by atoms with Crippen LogP contribution < -0.4 is 4.90 Å². The lowest BCUT2D eigenvalue weighted by molar-refractivity contribution is 0.835. The second-order valence-electron chi connectivity index (χ2n) is 8.81. The van der Waals surface area contributed by atoms with Crippen LogP contribution in [0, 0.1) is 0 Å². The molecule has 2 nitrogen and oxygen atoms in total. The van der Waals surface area contributed by atoms with Gasteiger partial charge >= 0.3 is 0 Å². The van der Waals surface area contributed by atoms with Crippen LogP contribution in [-0.2, 0) is 0 Å². The van der Waals surface area contributed by atoms with E-state index in [9.17, 15) is 0 Å². The second-order valence-corrected chi connectivity index (χ2v) is 8.81. The lowest BCUT2D eigenvalue weighted by Crippen LogP contribution is -2.19. The van der Waals surface area contributed by atoms with Crippen molar-refractivity contribution in [1.82, 2.24) is 4.98 Å². The van der Waals surface area contributed by atoms with Crippen LogP contribution in [0.2, 0.25) is 0 Å². The number of nitrogens with zero attached hydrogens (tertiary/aromatic N) is 2. The van der Waals surface area contributed by atoms with E-state index in [2.05, 4.69) is 113 Å². The molecule has 0 spiro atoms. The first-order valence-corrected chi connectivity index (χ1v) is 11.5. The van der Waals surface area contributed by atoms with Crippen molar-refractivity contribution in [3.05, 3.63) is 132 Å². The summed E-state index contributed by atoms with van der Waals surface area (Å²) in [6.45, 7) is 0. The van der Waals surface area contributed by atoms with Crippen molar-refractivity contribution in [2.24, 2.45) is 0 Å². The maximum Gasteiger partial charge on any atom is 0.0497 e. The molecule has 33 heavy (non-hydrogen) atoms. The summed E-state index contributed by atoms with van der Waals surface area (Å²) in [6, 6.07) is 35.1. The molecule has 0 saturated carbocycles. The van der Waals surface area contributed by atoms with Gasteiger partial charge in [-0.1, -0.05) is 72.8 Å². The quantitative estimate of drug-likeness (QED) is 0.293. The van der Waals surface area contributed by atoms with Crippen LogP contribution in [0.15, 0.2) is 116 Å². The molecule has 2 heteroatoms. The lowest BCUT2D eigenvalue weighted by atomic mass is 9.84. The molecular weight excluding hydrogens is 400 g/mol. The highest BCUT2D eigenvalue weighted by Gasteiger charge is 2.35. The molecule has 0 amide bonds. The van der Waals surface area contributed by atoms with Gasteiger partial charge in [-0.25, -0.2) is 0 Å². The predicted molar refractivity (Wildman–Crippen MR) is 137 cm³/mol. The van der Waals surface area contributed by atoms with E-state index in [1.165, 1.54) is 44.6 Å². The van der Waals surface area contributed by atoms with E-state index < -0.39 is 0 Å². The summed E-state index contributed by atoms with van der Waals surface area (Å²) in [4.78, 5) is 6.76. The fraction of sp³-hybridized carbons (Fsp3) is 0.0645. The van der Waals surface area contributed by atoms with Gasteiger partial charge in [0.25, 0.3) is 0 Å². The number of hydrogen-bond acceptors (Lipinski definition) is 2. The van der Waals surface area contributed by atoms with Crippen molar-refractivity contribution in [3.63, 3.8) is 0 Å². The summed E-state index contributed by atoms with van der Waals surface area (Å²) in [5, 5.41) is 2.35. The maximum absolute atomic E-state index is 4.35. The Hall–Kier alpha value is -4.17. The largest absolute Gasteiger partial charge is 0.310 e. The third-order valence-corrected chi connectivity index (χ3v) is 7.04. The standard InChI is InChI=1S/C31H22N2/c1-2-7-23(8-3-1)33(24-14-13-21-17-18-32-20-22(21)19-24)30-16-15-28-26-10-5-4-9-25(26)27-11-6-12-29(30)31(27)28/h1-14,16-20,28H,15H2. The number of pyridine rings is 1. The highest BCUT2D eigenvalue weighted by atomic mass is 15.1. The molecule has 2 aliphatic carbocycles. The van der Waals surface area contributed by atoms with Gasteiger partial charge < -0.3 is 4.90 Å². The predicted octanol–water partition coefficient (Wildman–Crippen LogP) is 7.93. The number of allylic oxidation sites excluding steroid dienone is 1. The average Bonchev–Trinajstić information content (AvgIpc) is 3.21. The zero-order chi connectivity index (χ0) is 21.8. The van der Waals surface area contributed by atoms with Crippen molar-refractivity contribution < 1.29 is 0 Å². The number of aromatic nitrogens is 1. The molecule has 0 saturated heterocycles. The molecule has 1 unspecified atom stereocenters. The average molecular weight is 423 g/mol. The minimum Gasteiger partial charge on any atom is -0.310 e. The number of hydrogen-bond donors (Lipinski definition) is 0. The number of rotatable bonds is 3. The van der Waals surface area contributed by atoms with Crippen LogP contribution in [-0.4, -0.2) is 4.98 Å². The Kier molecular flexibility index (Phi) is 4.00. The minimum atomic E-state index is 0.439. The van der Waals surface area contributed by atoms with Gasteiger partial charge in [0.05, 0.1) is 0 Å².